The third kappa shape index (κ3) is 3.24. The third-order valence-electron chi connectivity index (χ3n) is 3.41. The van der Waals surface area contributed by atoms with Crippen molar-refractivity contribution < 1.29 is 10.2 Å². The first-order valence-corrected chi connectivity index (χ1v) is 7.08. The molecule has 0 aliphatic carbocycles. The maximum atomic E-state index is 9.60. The van der Waals surface area contributed by atoms with E-state index in [1.54, 1.807) is 12.1 Å². The lowest BCUT2D eigenvalue weighted by Crippen LogP contribution is -2.50. The fourth-order valence-electron chi connectivity index (χ4n) is 2.41. The molecule has 0 saturated carbocycles. The lowest BCUT2D eigenvalue weighted by Gasteiger charge is -2.35. The van der Waals surface area contributed by atoms with Crippen LogP contribution in [-0.4, -0.2) is 71.2 Å². The van der Waals surface area contributed by atoms with E-state index in [1.807, 2.05) is 49.8 Å². The smallest absolute Gasteiger partial charge is 0.205 e. The Kier molecular flexibility index (Phi) is 4.44. The summed E-state index contributed by atoms with van der Waals surface area (Å²) in [6.07, 6.45) is -0.140. The summed E-state index contributed by atoms with van der Waals surface area (Å²) < 4.78 is 0. The van der Waals surface area contributed by atoms with Crippen molar-refractivity contribution in [2.75, 3.05) is 28.2 Å². The number of aliphatic imine (C=N–C) groups is 2. The minimum atomic E-state index is -0.140. The van der Waals surface area contributed by atoms with Crippen molar-refractivity contribution in [3.63, 3.8) is 0 Å². The SMILES string of the molecule is CC1N=C(N(C)C)N(C)C(N(C)Cc2ccc(O)c(O)c2)=N1. The molecule has 1 atom stereocenters. The van der Waals surface area contributed by atoms with Gasteiger partial charge in [-0.3, -0.25) is 4.90 Å². The van der Waals surface area contributed by atoms with E-state index in [-0.39, 0.29) is 17.7 Å². The van der Waals surface area contributed by atoms with Crippen molar-refractivity contribution in [2.24, 2.45) is 9.98 Å². The Labute approximate surface area is 130 Å². The molecule has 0 amide bonds. The number of hydrogen-bond acceptors (Lipinski definition) is 7. The van der Waals surface area contributed by atoms with Gasteiger partial charge in [-0.05, 0) is 24.6 Å². The molecule has 1 aromatic rings. The molecule has 7 nitrogen and oxygen atoms in total. The van der Waals surface area contributed by atoms with Crippen molar-refractivity contribution in [3.05, 3.63) is 23.8 Å². The first-order valence-electron chi connectivity index (χ1n) is 7.08. The Morgan fingerprint density at radius 1 is 1.09 bits per heavy atom. The average molecular weight is 305 g/mol. The Morgan fingerprint density at radius 3 is 2.32 bits per heavy atom. The summed E-state index contributed by atoms with van der Waals surface area (Å²) in [5.41, 5.74) is 0.885. The Balaban J connectivity index is 2.18. The van der Waals surface area contributed by atoms with Crippen molar-refractivity contribution in [1.82, 2.24) is 14.7 Å². The molecule has 22 heavy (non-hydrogen) atoms. The second kappa shape index (κ2) is 6.13. The van der Waals surface area contributed by atoms with Gasteiger partial charge < -0.3 is 20.0 Å². The van der Waals surface area contributed by atoms with Gasteiger partial charge in [0, 0.05) is 34.7 Å². The van der Waals surface area contributed by atoms with Gasteiger partial charge >= 0.3 is 0 Å². The van der Waals surface area contributed by atoms with Crippen molar-refractivity contribution >= 4 is 11.9 Å². The van der Waals surface area contributed by atoms with E-state index in [9.17, 15) is 10.2 Å². The highest BCUT2D eigenvalue weighted by molar-refractivity contribution is 5.99. The summed E-state index contributed by atoms with van der Waals surface area (Å²) in [5.74, 6) is 1.42. The summed E-state index contributed by atoms with van der Waals surface area (Å²) in [5, 5.41) is 19.0. The second-order valence-corrected chi connectivity index (χ2v) is 5.62. The Hall–Kier alpha value is -2.44. The van der Waals surface area contributed by atoms with Gasteiger partial charge in [-0.1, -0.05) is 6.07 Å². The van der Waals surface area contributed by atoms with E-state index in [0.29, 0.717) is 6.54 Å². The third-order valence-corrected chi connectivity index (χ3v) is 3.41. The molecule has 7 heteroatoms. The van der Waals surface area contributed by atoms with Gasteiger partial charge in [0.25, 0.3) is 0 Å². The molecule has 0 fully saturated rings. The first-order chi connectivity index (χ1) is 10.3. The topological polar surface area (TPSA) is 74.9 Å². The summed E-state index contributed by atoms with van der Waals surface area (Å²) in [4.78, 5) is 15.0. The molecule has 1 aliphatic heterocycles. The lowest BCUT2D eigenvalue weighted by atomic mass is 10.2. The van der Waals surface area contributed by atoms with E-state index in [0.717, 1.165) is 17.5 Å². The highest BCUT2D eigenvalue weighted by Gasteiger charge is 2.24. The number of hydrogen-bond donors (Lipinski definition) is 2. The van der Waals surface area contributed by atoms with Gasteiger partial charge in [-0.2, -0.15) is 0 Å². The summed E-state index contributed by atoms with van der Waals surface area (Å²) in [7, 11) is 7.75. The lowest BCUT2D eigenvalue weighted by molar-refractivity contribution is 0.394. The predicted molar refractivity (Wildman–Crippen MR) is 87.0 cm³/mol. The minimum absolute atomic E-state index is 0.117. The van der Waals surface area contributed by atoms with Crippen LogP contribution < -0.4 is 0 Å². The second-order valence-electron chi connectivity index (χ2n) is 5.62. The van der Waals surface area contributed by atoms with Crippen molar-refractivity contribution in [3.8, 4) is 11.5 Å². The van der Waals surface area contributed by atoms with Crippen LogP contribution >= 0.6 is 0 Å². The maximum absolute atomic E-state index is 9.60. The Morgan fingerprint density at radius 2 is 1.73 bits per heavy atom. The molecule has 1 aliphatic rings. The average Bonchev–Trinajstić information content (AvgIpc) is 2.44. The number of rotatable bonds is 2. The van der Waals surface area contributed by atoms with Crippen LogP contribution in [0.5, 0.6) is 11.5 Å². The van der Waals surface area contributed by atoms with Crippen LogP contribution in [0.15, 0.2) is 28.2 Å². The van der Waals surface area contributed by atoms with Crippen molar-refractivity contribution in [2.45, 2.75) is 19.6 Å². The van der Waals surface area contributed by atoms with Crippen LogP contribution in [0, 0.1) is 0 Å². The van der Waals surface area contributed by atoms with Gasteiger partial charge in [0.1, 0.15) is 6.17 Å². The van der Waals surface area contributed by atoms with Gasteiger partial charge in [-0.15, -0.1) is 0 Å². The molecule has 0 bridgehead atoms. The first kappa shape index (κ1) is 15.9. The van der Waals surface area contributed by atoms with Gasteiger partial charge in [0.05, 0.1) is 0 Å². The molecule has 120 valence electrons. The maximum Gasteiger partial charge on any atom is 0.205 e. The minimum Gasteiger partial charge on any atom is -0.504 e. The zero-order valence-electron chi connectivity index (χ0n) is 13.6. The summed E-state index contributed by atoms with van der Waals surface area (Å²) in [6.45, 7) is 2.50. The molecule has 1 unspecified atom stereocenters. The molecule has 0 radical (unpaired) electrons. The number of aromatic hydroxyl groups is 2. The fraction of sp³-hybridized carbons (Fsp3) is 0.467. The molecular weight excluding hydrogens is 282 g/mol. The number of phenols is 2. The van der Waals surface area contributed by atoms with Crippen LogP contribution in [0.1, 0.15) is 12.5 Å². The monoisotopic (exact) mass is 305 g/mol. The Bertz CT molecular complexity index is 612. The largest absolute Gasteiger partial charge is 0.504 e. The van der Waals surface area contributed by atoms with Crippen LogP contribution in [0.25, 0.3) is 0 Å². The van der Waals surface area contributed by atoms with Crippen LogP contribution in [0.2, 0.25) is 0 Å². The van der Waals surface area contributed by atoms with E-state index >= 15 is 0 Å². The molecule has 2 rings (SSSR count). The van der Waals surface area contributed by atoms with Gasteiger partial charge in [-0.25, -0.2) is 9.98 Å². The molecule has 1 aromatic carbocycles. The summed E-state index contributed by atoms with van der Waals surface area (Å²) >= 11 is 0. The van der Waals surface area contributed by atoms with E-state index in [2.05, 4.69) is 9.98 Å². The quantitative estimate of drug-likeness (QED) is 0.800. The highest BCUT2D eigenvalue weighted by atomic mass is 16.3. The number of guanidine groups is 2. The zero-order chi connectivity index (χ0) is 16.4. The molecular formula is C15H23N5O2. The van der Waals surface area contributed by atoms with E-state index in [1.165, 1.54) is 6.07 Å². The van der Waals surface area contributed by atoms with Gasteiger partial charge in [0.2, 0.25) is 11.9 Å². The summed E-state index contributed by atoms with van der Waals surface area (Å²) in [6, 6.07) is 4.82. The predicted octanol–water partition coefficient (Wildman–Crippen LogP) is 1.09. The fourth-order valence-corrected chi connectivity index (χ4v) is 2.41. The number of benzene rings is 1. The van der Waals surface area contributed by atoms with Crippen LogP contribution in [0.4, 0.5) is 0 Å². The normalized spacial score (nSPS) is 17.9. The standard InChI is InChI=1S/C15H23N5O2/c1-10-16-14(18(2)3)20(5)15(17-10)19(4)9-11-6-7-12(21)13(22)8-11/h6-8,10,21-22H,9H2,1-5H3. The van der Waals surface area contributed by atoms with Gasteiger partial charge in [0.15, 0.2) is 11.5 Å². The van der Waals surface area contributed by atoms with Crippen molar-refractivity contribution in [1.29, 1.82) is 0 Å². The number of nitrogens with zero attached hydrogens (tertiary/aromatic N) is 5. The molecule has 0 spiro atoms. The molecule has 2 N–H and O–H groups in total. The molecule has 0 saturated heterocycles. The zero-order valence-corrected chi connectivity index (χ0v) is 13.6. The van der Waals surface area contributed by atoms with E-state index < -0.39 is 0 Å². The highest BCUT2D eigenvalue weighted by Crippen LogP contribution is 2.25. The molecule has 1 heterocycles. The van der Waals surface area contributed by atoms with Crippen LogP contribution in [-0.2, 0) is 6.54 Å². The molecule has 0 aromatic heterocycles. The van der Waals surface area contributed by atoms with E-state index in [4.69, 9.17) is 0 Å². The number of phenolic OH excluding ortho intramolecular Hbond substituents is 2. The van der Waals surface area contributed by atoms with Crippen LogP contribution in [0.3, 0.4) is 0 Å².